The highest BCUT2D eigenvalue weighted by Crippen LogP contribution is 2.50. The molecule has 0 spiro atoms. The molecule has 0 fully saturated rings. The van der Waals surface area contributed by atoms with Gasteiger partial charge in [0, 0.05) is 10.2 Å². The highest BCUT2D eigenvalue weighted by Gasteiger charge is 2.24. The van der Waals surface area contributed by atoms with Crippen LogP contribution in [0.4, 0.5) is 0 Å². The van der Waals surface area contributed by atoms with Gasteiger partial charge in [-0.15, -0.1) is 0 Å². The van der Waals surface area contributed by atoms with E-state index in [1.807, 2.05) is 0 Å². The molecule has 1 aromatic carbocycles. The summed E-state index contributed by atoms with van der Waals surface area (Å²) in [6.07, 6.45) is 0. The fourth-order valence-electron chi connectivity index (χ4n) is 1.68. The van der Waals surface area contributed by atoms with Crippen molar-refractivity contribution in [3.8, 4) is 11.0 Å². The van der Waals surface area contributed by atoms with Crippen molar-refractivity contribution in [2.75, 3.05) is 0 Å². The Morgan fingerprint density at radius 2 is 1.05 bits per heavy atom. The van der Waals surface area contributed by atoms with E-state index in [9.17, 15) is 0 Å². The van der Waals surface area contributed by atoms with Gasteiger partial charge in [-0.1, -0.05) is 12.1 Å². The second-order valence-corrected chi connectivity index (χ2v) is 17.8. The smallest absolute Gasteiger partial charge is 0.242 e. The molecule has 0 atom stereocenters. The average molecular weight is 340 g/mol. The monoisotopic (exact) mass is 340 g/mol. The van der Waals surface area contributed by atoms with Crippen LogP contribution in [0.1, 0.15) is 0 Å². The van der Waals surface area contributed by atoms with Crippen molar-refractivity contribution in [2.24, 2.45) is 0 Å². The zero-order valence-corrected chi connectivity index (χ0v) is 16.8. The highest BCUT2D eigenvalue weighted by molar-refractivity contribution is 7.49. The van der Waals surface area contributed by atoms with Gasteiger partial charge >= 0.3 is 0 Å². The molecular formula is C14H22O2P2Si2. The molecule has 108 valence electrons. The van der Waals surface area contributed by atoms with E-state index in [0.29, 0.717) is 0 Å². The lowest BCUT2D eigenvalue weighted by atomic mass is 10.4. The maximum atomic E-state index is 6.29. The fraction of sp³-hybridized carbons (Fsp3) is 0.429. The molecule has 0 aliphatic rings. The Hall–Kier alpha value is -0.406. The molecule has 6 heteroatoms. The van der Waals surface area contributed by atoms with Crippen LogP contribution in [0.3, 0.4) is 0 Å². The van der Waals surface area contributed by atoms with E-state index in [0.717, 1.165) is 27.3 Å². The van der Waals surface area contributed by atoms with Crippen LogP contribution >= 0.6 is 16.4 Å². The van der Waals surface area contributed by atoms with E-state index in [-0.39, 0.29) is 0 Å². The first-order chi connectivity index (χ1) is 9.14. The Morgan fingerprint density at radius 3 is 1.35 bits per heavy atom. The summed E-state index contributed by atoms with van der Waals surface area (Å²) < 4.78 is 12.6. The van der Waals surface area contributed by atoms with E-state index in [2.05, 4.69) is 63.5 Å². The van der Waals surface area contributed by atoms with Crippen LogP contribution in [-0.4, -0.2) is 16.6 Å². The summed E-state index contributed by atoms with van der Waals surface area (Å²) in [5.74, 6) is 0. The van der Waals surface area contributed by atoms with Gasteiger partial charge in [0.1, 0.15) is 0 Å². The molecule has 0 aliphatic carbocycles. The molecule has 0 saturated carbocycles. The molecule has 0 saturated heterocycles. The van der Waals surface area contributed by atoms with Crippen LogP contribution in [0.15, 0.2) is 24.3 Å². The van der Waals surface area contributed by atoms with E-state index in [1.165, 1.54) is 10.2 Å². The van der Waals surface area contributed by atoms with Crippen LogP contribution in [0, 0.1) is 0 Å². The number of rotatable bonds is 4. The first-order valence-electron chi connectivity index (χ1n) is 6.79. The second-order valence-electron chi connectivity index (χ2n) is 6.75. The minimum atomic E-state index is -1.62. The predicted molar refractivity (Wildman–Crippen MR) is 96.9 cm³/mol. The second kappa shape index (κ2) is 5.77. The van der Waals surface area contributed by atoms with Gasteiger partial charge in [-0.05, 0) is 67.8 Å². The quantitative estimate of drug-likeness (QED) is 0.597. The van der Waals surface area contributed by atoms with Crippen LogP contribution in [-0.2, 0) is 0 Å². The molecule has 2 rings (SSSR count). The molecule has 20 heavy (non-hydrogen) atoms. The van der Waals surface area contributed by atoms with Gasteiger partial charge in [0.2, 0.25) is 16.6 Å². The lowest BCUT2D eigenvalue weighted by molar-refractivity contribution is 0.510. The molecule has 0 radical (unpaired) electrons. The van der Waals surface area contributed by atoms with Crippen molar-refractivity contribution in [2.45, 2.75) is 39.3 Å². The zero-order valence-electron chi connectivity index (χ0n) is 13.0. The van der Waals surface area contributed by atoms with Crippen molar-refractivity contribution in [3.05, 3.63) is 24.3 Å². The summed E-state index contributed by atoms with van der Waals surface area (Å²) in [6, 6.07) is 8.56. The van der Waals surface area contributed by atoms with Gasteiger partial charge in [-0.2, -0.15) is 0 Å². The molecule has 0 unspecified atom stereocenters. The largest absolute Gasteiger partial charge is 0.539 e. The number of benzene rings is 1. The Balaban J connectivity index is 2.52. The Morgan fingerprint density at radius 1 is 0.700 bits per heavy atom. The van der Waals surface area contributed by atoms with Crippen molar-refractivity contribution < 1.29 is 8.85 Å². The van der Waals surface area contributed by atoms with Gasteiger partial charge in [0.25, 0.3) is 0 Å². The Labute approximate surface area is 127 Å². The van der Waals surface area contributed by atoms with E-state index >= 15 is 0 Å². The topological polar surface area (TPSA) is 18.5 Å². The molecule has 0 amide bonds. The third kappa shape index (κ3) is 4.56. The maximum Gasteiger partial charge on any atom is 0.242 e. The summed E-state index contributed by atoms with van der Waals surface area (Å²) in [5, 5.41) is 2.68. The molecule has 2 nitrogen and oxygen atoms in total. The highest BCUT2D eigenvalue weighted by atomic mass is 31.0. The number of fused-ring (bicyclic) bond motifs is 1. The third-order valence-corrected chi connectivity index (χ3v) is 6.90. The van der Waals surface area contributed by atoms with E-state index in [4.69, 9.17) is 8.85 Å². The Bertz CT molecular complexity index is 564. The fourth-order valence-corrected chi connectivity index (χ4v) is 7.23. The summed E-state index contributed by atoms with van der Waals surface area (Å²) in [4.78, 5) is 0. The summed E-state index contributed by atoms with van der Waals surface area (Å²) in [5.41, 5.74) is 2.07. The summed E-state index contributed by atoms with van der Waals surface area (Å²) >= 11 is 0. The van der Waals surface area contributed by atoms with Crippen molar-refractivity contribution >= 4 is 43.3 Å². The molecule has 1 heterocycles. The lowest BCUT2D eigenvalue weighted by Gasteiger charge is -2.25. The molecule has 1 aromatic heterocycles. The third-order valence-electron chi connectivity index (χ3n) is 2.31. The zero-order chi connectivity index (χ0) is 15.0. The minimum absolute atomic E-state index is 1.03. The van der Waals surface area contributed by atoms with E-state index < -0.39 is 16.6 Å². The van der Waals surface area contributed by atoms with Crippen LogP contribution < -0.4 is 8.85 Å². The molecule has 0 bridgehead atoms. The van der Waals surface area contributed by atoms with Gasteiger partial charge in [-0.3, -0.25) is 0 Å². The molecular weight excluding hydrogens is 318 g/mol. The average Bonchev–Trinajstić information content (AvgIpc) is 2.26. The van der Waals surface area contributed by atoms with Crippen molar-refractivity contribution in [3.63, 3.8) is 0 Å². The van der Waals surface area contributed by atoms with Crippen LogP contribution in [0.2, 0.25) is 39.3 Å². The van der Waals surface area contributed by atoms with Crippen molar-refractivity contribution in [1.29, 1.82) is 0 Å². The molecule has 0 N–H and O–H groups in total. The SMILES string of the molecule is C[Si](C)(C)Oc1pc2ccccc2pc1O[Si](C)(C)C. The standard InChI is InChI=1S/C14H22O2P2Si2/c1-19(2,3)15-13-14(16-20(4,5)6)18-12-10-8-7-9-11(12)17-13/h7-10H,1-6H3. The predicted octanol–water partition coefficient (Wildman–Crippen LogP) is 6.43. The molecule has 0 aliphatic heterocycles. The van der Waals surface area contributed by atoms with Gasteiger partial charge in [0.15, 0.2) is 11.0 Å². The molecule has 2 aromatic rings. The number of hydrogen-bond acceptors (Lipinski definition) is 2. The van der Waals surface area contributed by atoms with Gasteiger partial charge in [0.05, 0.1) is 0 Å². The van der Waals surface area contributed by atoms with Crippen LogP contribution in [0.25, 0.3) is 10.2 Å². The van der Waals surface area contributed by atoms with E-state index in [1.54, 1.807) is 0 Å². The Kier molecular flexibility index (Phi) is 4.61. The summed E-state index contributed by atoms with van der Waals surface area (Å²) in [7, 11) is -0.933. The van der Waals surface area contributed by atoms with Crippen LogP contribution in [0.5, 0.6) is 11.0 Å². The van der Waals surface area contributed by atoms with Gasteiger partial charge < -0.3 is 8.85 Å². The van der Waals surface area contributed by atoms with Crippen molar-refractivity contribution in [1.82, 2.24) is 0 Å². The first-order valence-corrected chi connectivity index (χ1v) is 15.4. The normalized spacial score (nSPS) is 13.3. The maximum absolute atomic E-state index is 6.29. The first kappa shape index (κ1) is 16.0. The minimum Gasteiger partial charge on any atom is -0.539 e. The number of hydrogen-bond donors (Lipinski definition) is 0. The lowest BCUT2D eigenvalue weighted by Crippen LogP contribution is -2.31. The van der Waals surface area contributed by atoms with Gasteiger partial charge in [-0.25, -0.2) is 0 Å². The summed E-state index contributed by atoms with van der Waals surface area (Å²) in [6.45, 7) is 13.3.